The van der Waals surface area contributed by atoms with Crippen molar-refractivity contribution in [2.75, 3.05) is 6.54 Å². The lowest BCUT2D eigenvalue weighted by molar-refractivity contribution is -0.152. The van der Waals surface area contributed by atoms with Crippen molar-refractivity contribution >= 4 is 11.4 Å². The smallest absolute Gasteiger partial charge is 0.246 e. The first-order chi connectivity index (χ1) is 13.9. The Morgan fingerprint density at radius 3 is 2.90 bits per heavy atom. The minimum atomic E-state index is -0.178. The fraction of sp³-hybridized carbons (Fsp3) is 0.429. The molecular weight excluding hydrogens is 368 g/mol. The Labute approximate surface area is 168 Å². The first-order valence-electron chi connectivity index (χ1n) is 9.83. The van der Waals surface area contributed by atoms with Crippen LogP contribution in [0.1, 0.15) is 20.3 Å². The van der Waals surface area contributed by atoms with Gasteiger partial charge in [0.05, 0.1) is 24.3 Å². The Bertz CT molecular complexity index is 1110. The third kappa shape index (κ3) is 2.58. The molecule has 5 rings (SSSR count). The topological polar surface area (TPSA) is 77.6 Å². The van der Waals surface area contributed by atoms with E-state index >= 15 is 0 Å². The molecule has 8 nitrogen and oxygen atoms in total. The second-order valence-corrected chi connectivity index (χ2v) is 8.49. The number of aryl methyl sites for hydroxylation is 1. The van der Waals surface area contributed by atoms with Gasteiger partial charge in [-0.25, -0.2) is 9.50 Å². The normalized spacial score (nSPS) is 24.9. The summed E-state index contributed by atoms with van der Waals surface area (Å²) in [7, 11) is 1.88. The molecule has 0 aromatic carbocycles. The van der Waals surface area contributed by atoms with E-state index in [0.29, 0.717) is 11.8 Å². The number of hydrogen-bond acceptors (Lipinski definition) is 5. The summed E-state index contributed by atoms with van der Waals surface area (Å²) >= 11 is 0. The highest BCUT2D eigenvalue weighted by molar-refractivity contribution is 5.87. The van der Waals surface area contributed by atoms with Gasteiger partial charge >= 0.3 is 0 Å². The third-order valence-electron chi connectivity index (χ3n) is 6.38. The van der Waals surface area contributed by atoms with E-state index in [9.17, 15) is 4.79 Å². The van der Waals surface area contributed by atoms with Gasteiger partial charge in [0.15, 0.2) is 0 Å². The largest absolute Gasteiger partial charge is 0.472 e. The van der Waals surface area contributed by atoms with E-state index in [0.717, 1.165) is 29.7 Å². The van der Waals surface area contributed by atoms with Crippen molar-refractivity contribution in [1.29, 1.82) is 0 Å². The molecule has 4 heterocycles. The number of amides is 1. The van der Waals surface area contributed by atoms with Crippen molar-refractivity contribution in [2.45, 2.75) is 32.4 Å². The number of aromatic nitrogens is 5. The Hall–Kier alpha value is -3.16. The highest BCUT2D eigenvalue weighted by atomic mass is 16.5. The summed E-state index contributed by atoms with van der Waals surface area (Å²) in [6, 6.07) is 2.07. The van der Waals surface area contributed by atoms with Gasteiger partial charge in [-0.15, -0.1) is 0 Å². The van der Waals surface area contributed by atoms with E-state index in [4.69, 9.17) is 9.72 Å². The zero-order chi connectivity index (χ0) is 20.3. The number of hydrogen-bond donors (Lipinski definition) is 0. The lowest BCUT2D eigenvalue weighted by Gasteiger charge is -2.56. The molecule has 0 spiro atoms. The Morgan fingerprint density at radius 1 is 1.34 bits per heavy atom. The van der Waals surface area contributed by atoms with Crippen LogP contribution in [0.2, 0.25) is 0 Å². The number of likely N-dealkylation sites (tertiary alicyclic amines) is 1. The predicted octanol–water partition coefficient (Wildman–Crippen LogP) is 2.32. The van der Waals surface area contributed by atoms with Crippen LogP contribution in [-0.2, 0) is 11.8 Å². The summed E-state index contributed by atoms with van der Waals surface area (Å²) in [5.74, 6) is 0.855. The molecule has 1 saturated heterocycles. The molecule has 2 aliphatic rings. The van der Waals surface area contributed by atoms with Crippen LogP contribution in [-0.4, -0.2) is 53.9 Å². The van der Waals surface area contributed by atoms with Crippen LogP contribution < -0.4 is 4.74 Å². The molecule has 2 fully saturated rings. The Balaban J connectivity index is 1.49. The Morgan fingerprint density at radius 2 is 2.17 bits per heavy atom. The lowest BCUT2D eigenvalue weighted by atomic mass is 9.57. The SMILES string of the molecule is C=CC(=O)N1CC[C@@H]2[C@H]1C(C)(C)[C@H]2Oc1nc(-c2cnn(C)c2)cn2nccc12. The van der Waals surface area contributed by atoms with Gasteiger partial charge in [-0.3, -0.25) is 9.48 Å². The molecule has 0 N–H and O–H groups in total. The van der Waals surface area contributed by atoms with Gasteiger partial charge in [-0.1, -0.05) is 20.4 Å². The van der Waals surface area contributed by atoms with Crippen LogP contribution in [0.4, 0.5) is 0 Å². The number of carbonyl (C=O) groups excluding carboxylic acids is 1. The highest BCUT2D eigenvalue weighted by Crippen LogP contribution is 2.55. The van der Waals surface area contributed by atoms with Crippen LogP contribution in [0.25, 0.3) is 16.8 Å². The van der Waals surface area contributed by atoms with Crippen molar-refractivity contribution in [3.63, 3.8) is 0 Å². The molecule has 1 amide bonds. The van der Waals surface area contributed by atoms with Crippen LogP contribution in [0, 0.1) is 11.3 Å². The first kappa shape index (κ1) is 17.9. The van der Waals surface area contributed by atoms with Crippen molar-refractivity contribution < 1.29 is 9.53 Å². The number of ether oxygens (including phenoxy) is 1. The fourth-order valence-electron chi connectivity index (χ4n) is 5.09. The monoisotopic (exact) mass is 392 g/mol. The van der Waals surface area contributed by atoms with Crippen LogP contribution in [0.5, 0.6) is 5.88 Å². The molecule has 150 valence electrons. The Kier molecular flexibility index (Phi) is 3.81. The summed E-state index contributed by atoms with van der Waals surface area (Å²) in [6.45, 7) is 8.71. The number of nitrogens with zero attached hydrogens (tertiary/aromatic N) is 6. The summed E-state index contributed by atoms with van der Waals surface area (Å²) in [6.07, 6.45) is 9.63. The second-order valence-electron chi connectivity index (χ2n) is 8.49. The van der Waals surface area contributed by atoms with Crippen LogP contribution in [0.3, 0.4) is 0 Å². The second kappa shape index (κ2) is 6.17. The van der Waals surface area contributed by atoms with Gasteiger partial charge in [-0.2, -0.15) is 10.2 Å². The molecule has 29 heavy (non-hydrogen) atoms. The van der Waals surface area contributed by atoms with Crippen molar-refractivity contribution in [1.82, 2.24) is 29.3 Å². The van der Waals surface area contributed by atoms with Crippen molar-refractivity contribution in [3.05, 3.63) is 43.5 Å². The van der Waals surface area contributed by atoms with Gasteiger partial charge in [0, 0.05) is 42.7 Å². The molecule has 8 heteroatoms. The zero-order valence-electron chi connectivity index (χ0n) is 16.8. The maximum absolute atomic E-state index is 12.2. The quantitative estimate of drug-likeness (QED) is 0.637. The number of carbonyl (C=O) groups is 1. The van der Waals surface area contributed by atoms with Gasteiger partial charge in [0.2, 0.25) is 11.8 Å². The third-order valence-corrected chi connectivity index (χ3v) is 6.38. The van der Waals surface area contributed by atoms with E-state index in [1.165, 1.54) is 6.08 Å². The molecule has 1 aliphatic heterocycles. The maximum Gasteiger partial charge on any atom is 0.246 e. The van der Waals surface area contributed by atoms with Gasteiger partial charge < -0.3 is 9.64 Å². The molecule has 3 aromatic heterocycles. The molecule has 3 aromatic rings. The molecule has 0 bridgehead atoms. The average Bonchev–Trinajstić information content (AvgIpc) is 3.43. The molecule has 0 radical (unpaired) electrons. The minimum Gasteiger partial charge on any atom is -0.472 e. The van der Waals surface area contributed by atoms with Crippen LogP contribution in [0.15, 0.2) is 43.5 Å². The van der Waals surface area contributed by atoms with Crippen molar-refractivity contribution in [2.24, 2.45) is 18.4 Å². The molecule has 1 aliphatic carbocycles. The van der Waals surface area contributed by atoms with Gasteiger partial charge in [0.1, 0.15) is 11.6 Å². The lowest BCUT2D eigenvalue weighted by Crippen LogP contribution is -2.66. The van der Waals surface area contributed by atoms with E-state index in [1.54, 1.807) is 21.6 Å². The van der Waals surface area contributed by atoms with E-state index < -0.39 is 0 Å². The standard InChI is InChI=1S/C21H24N6O2/c1-5-17(28)26-9-7-14-18(26)21(2,3)19(14)29-20-16-6-8-22-27(16)12-15(24-20)13-10-23-25(4)11-13/h5-6,8,10-12,14,18-19H,1,7,9H2,2-4H3/t14-,18+,19+/m1/s1. The average molecular weight is 392 g/mol. The van der Waals surface area contributed by atoms with E-state index in [-0.39, 0.29) is 23.5 Å². The van der Waals surface area contributed by atoms with Gasteiger partial charge in [0.25, 0.3) is 0 Å². The van der Waals surface area contributed by atoms with E-state index in [1.807, 2.05) is 30.4 Å². The van der Waals surface area contributed by atoms with Gasteiger partial charge in [-0.05, 0) is 18.6 Å². The highest BCUT2D eigenvalue weighted by Gasteiger charge is 2.63. The van der Waals surface area contributed by atoms with E-state index in [2.05, 4.69) is 30.6 Å². The fourth-order valence-corrected chi connectivity index (χ4v) is 5.09. The first-order valence-corrected chi connectivity index (χ1v) is 9.83. The molecule has 1 saturated carbocycles. The molecular formula is C21H24N6O2. The summed E-state index contributed by atoms with van der Waals surface area (Å²) in [5.41, 5.74) is 2.31. The number of fused-ring (bicyclic) bond motifs is 2. The molecule has 3 atom stereocenters. The summed E-state index contributed by atoms with van der Waals surface area (Å²) < 4.78 is 10.1. The predicted molar refractivity (Wildman–Crippen MR) is 107 cm³/mol. The molecule has 0 unspecified atom stereocenters. The van der Waals surface area contributed by atoms with Crippen molar-refractivity contribution in [3.8, 4) is 17.1 Å². The number of rotatable bonds is 4. The summed E-state index contributed by atoms with van der Waals surface area (Å²) in [4.78, 5) is 19.0. The maximum atomic E-state index is 12.2. The minimum absolute atomic E-state index is 0.00101. The van der Waals surface area contributed by atoms with Crippen LogP contribution >= 0.6 is 0 Å². The zero-order valence-corrected chi connectivity index (χ0v) is 16.8. The summed E-state index contributed by atoms with van der Waals surface area (Å²) in [5, 5.41) is 8.62.